The van der Waals surface area contributed by atoms with Crippen LogP contribution in [0.1, 0.15) is 79.3 Å². The van der Waals surface area contributed by atoms with Crippen molar-refractivity contribution in [3.05, 3.63) is 65.2 Å². The Hall–Kier alpha value is -3.27. The first-order chi connectivity index (χ1) is 19.2. The normalized spacial score (nSPS) is 20.2. The highest BCUT2D eigenvalue weighted by molar-refractivity contribution is 5.96. The van der Waals surface area contributed by atoms with Crippen LogP contribution in [0.4, 0.5) is 13.2 Å². The molecule has 0 radical (unpaired) electrons. The summed E-state index contributed by atoms with van der Waals surface area (Å²) in [4.78, 5) is 14.8. The van der Waals surface area contributed by atoms with Crippen LogP contribution in [0.2, 0.25) is 0 Å². The van der Waals surface area contributed by atoms with Crippen molar-refractivity contribution in [3.8, 4) is 5.75 Å². The van der Waals surface area contributed by atoms with Crippen LogP contribution in [-0.4, -0.2) is 35.6 Å². The fourth-order valence-electron chi connectivity index (χ4n) is 6.20. The molecular weight excluding hydrogens is 519 g/mol. The van der Waals surface area contributed by atoms with E-state index >= 15 is 0 Å². The first kappa shape index (κ1) is 29.7. The van der Waals surface area contributed by atoms with Gasteiger partial charge in [-0.15, -0.1) is 13.2 Å². The van der Waals surface area contributed by atoms with Gasteiger partial charge in [-0.05, 0) is 72.9 Å². The number of rotatable bonds is 10. The summed E-state index contributed by atoms with van der Waals surface area (Å²) in [6.45, 7) is 1.23. The van der Waals surface area contributed by atoms with E-state index in [4.69, 9.17) is 10.9 Å². The molecule has 40 heavy (non-hydrogen) atoms. The van der Waals surface area contributed by atoms with Crippen LogP contribution >= 0.6 is 0 Å². The molecule has 2 aliphatic rings. The summed E-state index contributed by atoms with van der Waals surface area (Å²) in [5.41, 5.74) is 7.50. The molecule has 2 fully saturated rings. The number of halogens is 3. The topological polar surface area (TPSA) is 103 Å². The minimum absolute atomic E-state index is 0.0405. The highest BCUT2D eigenvalue weighted by Crippen LogP contribution is 2.40. The van der Waals surface area contributed by atoms with E-state index in [1.165, 1.54) is 57.1 Å². The third kappa shape index (κ3) is 8.87. The molecule has 4 N–H and O–H groups in total. The van der Waals surface area contributed by atoms with Gasteiger partial charge in [0, 0.05) is 29.8 Å². The van der Waals surface area contributed by atoms with Crippen LogP contribution in [-0.2, 0) is 13.1 Å². The van der Waals surface area contributed by atoms with Crippen molar-refractivity contribution in [2.24, 2.45) is 17.0 Å². The molecule has 2 saturated carbocycles. The summed E-state index contributed by atoms with van der Waals surface area (Å²) in [6, 6.07) is 13.9. The van der Waals surface area contributed by atoms with Crippen molar-refractivity contribution < 1.29 is 28.2 Å². The van der Waals surface area contributed by atoms with E-state index in [0.717, 1.165) is 35.8 Å². The molecule has 7 nitrogen and oxygen atoms in total. The molecule has 2 aromatic rings. The first-order valence-corrected chi connectivity index (χ1v) is 14.1. The monoisotopic (exact) mass is 558 g/mol. The van der Waals surface area contributed by atoms with Crippen LogP contribution in [0.5, 0.6) is 5.75 Å². The molecule has 4 rings (SSSR count). The number of carbonyl (C=O) groups is 1. The summed E-state index contributed by atoms with van der Waals surface area (Å²) in [5.74, 6) is 1.00. The zero-order valence-electron chi connectivity index (χ0n) is 22.8. The predicted octanol–water partition coefficient (Wildman–Crippen LogP) is 5.64. The summed E-state index contributed by atoms with van der Waals surface area (Å²) < 4.78 is 41.8. The molecule has 0 bridgehead atoms. The highest BCUT2D eigenvalue weighted by atomic mass is 19.4. The number of benzene rings is 2. The molecule has 216 valence electrons. The third-order valence-corrected chi connectivity index (χ3v) is 8.29. The average Bonchev–Trinajstić information content (AvgIpc) is 2.96. The summed E-state index contributed by atoms with van der Waals surface area (Å²) in [5, 5.41) is 13.3. The number of alkyl halides is 3. The van der Waals surface area contributed by atoms with Crippen LogP contribution < -0.4 is 15.6 Å². The van der Waals surface area contributed by atoms with E-state index in [1.54, 1.807) is 24.3 Å². The van der Waals surface area contributed by atoms with Crippen molar-refractivity contribution in [1.29, 1.82) is 5.41 Å². The molecule has 0 aliphatic heterocycles. The van der Waals surface area contributed by atoms with Gasteiger partial charge in [0.2, 0.25) is 5.84 Å². The van der Waals surface area contributed by atoms with Gasteiger partial charge < -0.3 is 10.1 Å². The van der Waals surface area contributed by atoms with E-state index in [2.05, 4.69) is 20.1 Å². The number of carbonyl (C=O) groups excluding carboxylic acids is 1. The molecule has 2 aromatic carbocycles. The lowest BCUT2D eigenvalue weighted by atomic mass is 9.72. The molecular formula is C30H39F3N5O2+. The number of nitrogens with one attached hydrogen (secondary N) is 2. The van der Waals surface area contributed by atoms with Crippen molar-refractivity contribution in [3.63, 3.8) is 0 Å². The second-order valence-electron chi connectivity index (χ2n) is 11.0. The Bertz CT molecular complexity index is 1120. The number of amidine groups is 1. The Morgan fingerprint density at radius 1 is 0.900 bits per heavy atom. The lowest BCUT2D eigenvalue weighted by molar-refractivity contribution is -0.274. The Morgan fingerprint density at radius 2 is 1.45 bits per heavy atom. The number of ether oxygens (including phenoxy) is 1. The number of nitrogens with zero attached hydrogens (tertiary/aromatic N) is 2. The molecule has 0 aromatic heterocycles. The lowest BCUT2D eigenvalue weighted by Crippen LogP contribution is -2.38. The summed E-state index contributed by atoms with van der Waals surface area (Å²) in [7, 11) is 0. The first-order valence-electron chi connectivity index (χ1n) is 14.1. The number of hydrogen-bond acceptors (Lipinski definition) is 4. The lowest BCUT2D eigenvalue weighted by Gasteiger charge is -2.40. The van der Waals surface area contributed by atoms with Gasteiger partial charge in [0.25, 0.3) is 5.91 Å². The molecule has 0 saturated heterocycles. The van der Waals surface area contributed by atoms with Gasteiger partial charge in [0.15, 0.2) is 0 Å². The molecule has 1 amide bonds. The second kappa shape index (κ2) is 13.9. The van der Waals surface area contributed by atoms with Gasteiger partial charge >= 0.3 is 6.36 Å². The van der Waals surface area contributed by atoms with Crippen molar-refractivity contribution in [1.82, 2.24) is 10.2 Å². The quantitative estimate of drug-likeness (QED) is 0.200. The van der Waals surface area contributed by atoms with Gasteiger partial charge in [0.1, 0.15) is 5.75 Å². The van der Waals surface area contributed by atoms with Crippen molar-refractivity contribution in [2.45, 2.75) is 83.3 Å². The SMILES string of the molecule is N=C(CNC(=O)c1ccc(CN(Cc2ccc(OC(F)(F)F)cc2)C2CCC(C3CCCCC3)CC2)cc1)N=[NH2+]. The molecule has 0 unspecified atom stereocenters. The minimum atomic E-state index is -4.71. The minimum Gasteiger partial charge on any atom is -0.406 e. The maximum absolute atomic E-state index is 12.6. The van der Waals surface area contributed by atoms with Crippen LogP contribution in [0, 0.1) is 17.2 Å². The van der Waals surface area contributed by atoms with E-state index in [1.807, 2.05) is 12.1 Å². The van der Waals surface area contributed by atoms with E-state index in [9.17, 15) is 18.0 Å². The second-order valence-corrected chi connectivity index (χ2v) is 11.0. The van der Waals surface area contributed by atoms with Gasteiger partial charge in [-0.3, -0.25) is 15.1 Å². The van der Waals surface area contributed by atoms with Gasteiger partial charge in [-0.25, -0.2) is 0 Å². The fraction of sp³-hybridized carbons (Fsp3) is 0.533. The molecule has 0 heterocycles. The maximum Gasteiger partial charge on any atom is 0.573 e. The molecule has 0 spiro atoms. The smallest absolute Gasteiger partial charge is 0.406 e. The van der Waals surface area contributed by atoms with E-state index in [-0.39, 0.29) is 24.0 Å². The van der Waals surface area contributed by atoms with Crippen molar-refractivity contribution >= 4 is 11.7 Å². The zero-order valence-corrected chi connectivity index (χ0v) is 22.8. The Kier molecular flexibility index (Phi) is 10.3. The fourth-order valence-corrected chi connectivity index (χ4v) is 6.20. The van der Waals surface area contributed by atoms with Gasteiger partial charge in [0.05, 0.1) is 6.54 Å². The Labute approximate surface area is 233 Å². The summed E-state index contributed by atoms with van der Waals surface area (Å²) in [6.07, 6.45) is 6.70. The Morgan fingerprint density at radius 3 is 2.00 bits per heavy atom. The largest absolute Gasteiger partial charge is 0.573 e. The number of amides is 1. The maximum atomic E-state index is 12.6. The standard InChI is InChI=1S/C30H38F3N5O2/c31-30(32,33)40-27-16-8-22(9-17-27)20-38(26-14-12-24(13-15-26)23-4-2-1-3-5-23)19-21-6-10-25(11-7-21)29(39)36-18-28(34)37-35/h6-11,16-17,23-24,26,34-35H,1-5,12-15,18-20H2,(H,36,39)/p+1. The zero-order chi connectivity index (χ0) is 28.5. The number of nitrogens with two attached hydrogens (primary N) is 1. The molecule has 0 atom stereocenters. The number of hydrogen-bond donors (Lipinski definition) is 3. The third-order valence-electron chi connectivity index (χ3n) is 8.29. The van der Waals surface area contributed by atoms with Gasteiger partial charge in [-0.2, -0.15) is 5.53 Å². The van der Waals surface area contributed by atoms with Crippen LogP contribution in [0.15, 0.2) is 53.6 Å². The van der Waals surface area contributed by atoms with E-state index < -0.39 is 6.36 Å². The molecule has 10 heteroatoms. The predicted molar refractivity (Wildman–Crippen MR) is 146 cm³/mol. The average molecular weight is 559 g/mol. The highest BCUT2D eigenvalue weighted by Gasteiger charge is 2.32. The Balaban J connectivity index is 1.43. The van der Waals surface area contributed by atoms with Crippen molar-refractivity contribution in [2.75, 3.05) is 6.54 Å². The summed E-state index contributed by atoms with van der Waals surface area (Å²) >= 11 is 0. The van der Waals surface area contributed by atoms with Crippen LogP contribution in [0.3, 0.4) is 0 Å². The van der Waals surface area contributed by atoms with Gasteiger partial charge in [-0.1, -0.05) is 56.4 Å². The van der Waals surface area contributed by atoms with E-state index in [0.29, 0.717) is 24.7 Å². The molecule has 2 aliphatic carbocycles. The van der Waals surface area contributed by atoms with Crippen LogP contribution in [0.25, 0.3) is 0 Å².